The molecule has 5 heterocycles. The number of nitrogens with one attached hydrogen (secondary N) is 2. The zero-order valence-electron chi connectivity index (χ0n) is 28.8. The van der Waals surface area contributed by atoms with E-state index in [1.165, 1.54) is 6.42 Å². The van der Waals surface area contributed by atoms with E-state index in [0.717, 1.165) is 49.7 Å². The minimum absolute atomic E-state index is 0.0500. The SMILES string of the molecule is CN1CC2CC1CN2C1CCN(C(=O)[C@@H](Cc2cc(I)c(N)c(C(F)(F)F)c2)NC(=O)N2CCC(N3CCc4ccccc4NC3=O)CC2)CC1. The van der Waals surface area contributed by atoms with Crippen LogP contribution in [0.4, 0.5) is 34.1 Å². The first-order chi connectivity index (χ1) is 24.4. The Kier molecular flexibility index (Phi) is 10.3. The Balaban J connectivity index is 1.02. The lowest BCUT2D eigenvalue weighted by atomic mass is 9.98. The maximum atomic E-state index is 14.1. The number of nitrogens with zero attached hydrogens (tertiary/aromatic N) is 5. The van der Waals surface area contributed by atoms with Gasteiger partial charge < -0.3 is 36.0 Å². The summed E-state index contributed by atoms with van der Waals surface area (Å²) in [4.78, 5) is 51.3. The van der Waals surface area contributed by atoms with Crippen molar-refractivity contribution in [2.45, 2.75) is 81.3 Å². The summed E-state index contributed by atoms with van der Waals surface area (Å²) in [5.74, 6) is -0.291. The van der Waals surface area contributed by atoms with E-state index in [2.05, 4.69) is 27.5 Å². The summed E-state index contributed by atoms with van der Waals surface area (Å²) < 4.78 is 41.9. The molecule has 2 aromatic carbocycles. The zero-order chi connectivity index (χ0) is 36.0. The van der Waals surface area contributed by atoms with Gasteiger partial charge in [-0.2, -0.15) is 13.2 Å². The molecule has 11 nitrogen and oxygen atoms in total. The van der Waals surface area contributed by atoms with Crippen molar-refractivity contribution in [2.24, 2.45) is 0 Å². The maximum absolute atomic E-state index is 14.1. The number of nitrogens with two attached hydrogens (primary N) is 1. The Morgan fingerprint density at radius 3 is 2.31 bits per heavy atom. The third-order valence-corrected chi connectivity index (χ3v) is 12.6. The van der Waals surface area contributed by atoms with Gasteiger partial charge >= 0.3 is 18.2 Å². The number of urea groups is 2. The van der Waals surface area contributed by atoms with E-state index in [4.69, 9.17) is 5.73 Å². The van der Waals surface area contributed by atoms with Crippen molar-refractivity contribution < 1.29 is 27.6 Å². The molecule has 5 amide bonds. The average Bonchev–Trinajstić information content (AvgIpc) is 3.64. The summed E-state index contributed by atoms with van der Waals surface area (Å²) in [5.41, 5.74) is 6.68. The van der Waals surface area contributed by atoms with E-state index >= 15 is 0 Å². The Bertz CT molecular complexity index is 1640. The van der Waals surface area contributed by atoms with E-state index in [9.17, 15) is 27.6 Å². The maximum Gasteiger partial charge on any atom is 0.418 e. The van der Waals surface area contributed by atoms with Gasteiger partial charge in [0.15, 0.2) is 0 Å². The number of carbonyl (C=O) groups is 3. The van der Waals surface area contributed by atoms with Gasteiger partial charge in [0.25, 0.3) is 0 Å². The monoisotopic (exact) mass is 822 g/mol. The van der Waals surface area contributed by atoms with Crippen LogP contribution in [0.15, 0.2) is 36.4 Å². The van der Waals surface area contributed by atoms with Gasteiger partial charge in [0.1, 0.15) is 6.04 Å². The van der Waals surface area contributed by atoms with E-state index < -0.39 is 23.8 Å². The van der Waals surface area contributed by atoms with Gasteiger partial charge in [-0.25, -0.2) is 9.59 Å². The number of hydrogen-bond acceptors (Lipinski definition) is 6. The van der Waals surface area contributed by atoms with Crippen LogP contribution in [-0.4, -0.2) is 126 Å². The van der Waals surface area contributed by atoms with Crippen LogP contribution in [0.3, 0.4) is 0 Å². The lowest BCUT2D eigenvalue weighted by Gasteiger charge is -2.42. The van der Waals surface area contributed by atoms with Crippen LogP contribution in [-0.2, 0) is 23.8 Å². The Hall–Kier alpha value is -3.31. The topological polar surface area (TPSA) is 117 Å². The fourth-order valence-corrected chi connectivity index (χ4v) is 9.49. The third-order valence-electron chi connectivity index (χ3n) is 11.7. The molecule has 15 heteroatoms. The number of piperazine rings is 1. The van der Waals surface area contributed by atoms with Crippen molar-refractivity contribution in [1.82, 2.24) is 29.8 Å². The number of anilines is 2. The van der Waals surface area contributed by atoms with Gasteiger partial charge in [-0.3, -0.25) is 9.69 Å². The number of nitrogen functional groups attached to an aromatic ring is 1. The van der Waals surface area contributed by atoms with Crippen LogP contribution in [0.2, 0.25) is 0 Å². The number of fused-ring (bicyclic) bond motifs is 3. The molecule has 0 aliphatic carbocycles. The van der Waals surface area contributed by atoms with Crippen molar-refractivity contribution in [3.05, 3.63) is 56.7 Å². The number of alkyl halides is 3. The number of likely N-dealkylation sites (N-methyl/N-ethyl adjacent to an activating group) is 1. The summed E-state index contributed by atoms with van der Waals surface area (Å²) >= 11 is 1.78. The zero-order valence-corrected chi connectivity index (χ0v) is 31.0. The van der Waals surface area contributed by atoms with Gasteiger partial charge in [0.05, 0.1) is 11.3 Å². The Morgan fingerprint density at radius 2 is 1.65 bits per heavy atom. The molecule has 3 atom stereocenters. The van der Waals surface area contributed by atoms with Crippen LogP contribution in [0.25, 0.3) is 0 Å². The molecule has 51 heavy (non-hydrogen) atoms. The molecule has 4 N–H and O–H groups in total. The highest BCUT2D eigenvalue weighted by Gasteiger charge is 2.45. The lowest BCUT2D eigenvalue weighted by molar-refractivity contribution is -0.137. The Labute approximate surface area is 310 Å². The summed E-state index contributed by atoms with van der Waals surface area (Å²) in [6, 6.07) is 10.1. The number of amides is 5. The molecule has 276 valence electrons. The van der Waals surface area contributed by atoms with Gasteiger partial charge in [0.2, 0.25) is 5.91 Å². The number of benzene rings is 2. The standard InChI is InChI=1S/C36H46F3IN8O3/c1-44-20-27-19-26(44)21-48(27)25-7-11-45(12-8-25)33(49)31(18-22-16-28(36(37,38)39)32(41)29(40)17-22)43-34(50)46-13-9-24(10-14-46)47-15-6-23-4-2-3-5-30(23)42-35(47)51/h2-5,16-17,24-27,31H,6-15,18-21,41H2,1H3,(H,42,51)(H,43,50)/t26?,27?,31-/m1/s1. The van der Waals surface area contributed by atoms with Gasteiger partial charge in [-0.1, -0.05) is 18.2 Å². The van der Waals surface area contributed by atoms with Crippen molar-refractivity contribution in [3.63, 3.8) is 0 Å². The van der Waals surface area contributed by atoms with Crippen LogP contribution in [0.5, 0.6) is 0 Å². The molecule has 5 aliphatic heterocycles. The van der Waals surface area contributed by atoms with E-state index in [1.807, 2.05) is 29.2 Å². The molecule has 7 rings (SSSR count). The van der Waals surface area contributed by atoms with E-state index in [0.29, 0.717) is 63.7 Å². The molecule has 0 spiro atoms. The van der Waals surface area contributed by atoms with Crippen LogP contribution in [0, 0.1) is 3.57 Å². The summed E-state index contributed by atoms with van der Waals surface area (Å²) in [5, 5.41) is 5.93. The molecule has 0 saturated carbocycles. The number of likely N-dealkylation sites (tertiary alicyclic amines) is 4. The van der Waals surface area contributed by atoms with Crippen molar-refractivity contribution >= 4 is 51.9 Å². The first kappa shape index (κ1) is 36.1. The molecule has 2 aromatic rings. The van der Waals surface area contributed by atoms with Gasteiger partial charge in [-0.05, 0) is 97.5 Å². The molecule has 2 bridgehead atoms. The average molecular weight is 823 g/mol. The second kappa shape index (κ2) is 14.6. The quantitative estimate of drug-likeness (QED) is 0.293. The van der Waals surface area contributed by atoms with E-state index in [-0.39, 0.29) is 39.2 Å². The number of carbonyl (C=O) groups excluding carboxylic acids is 3. The Morgan fingerprint density at radius 1 is 0.961 bits per heavy atom. The second-order valence-electron chi connectivity index (χ2n) is 14.7. The highest BCUT2D eigenvalue weighted by atomic mass is 127. The fourth-order valence-electron chi connectivity index (χ4n) is 8.80. The molecule has 2 unspecified atom stereocenters. The summed E-state index contributed by atoms with van der Waals surface area (Å²) in [6.45, 7) is 4.50. The second-order valence-corrected chi connectivity index (χ2v) is 15.9. The predicted molar refractivity (Wildman–Crippen MR) is 196 cm³/mol. The van der Waals surface area contributed by atoms with Crippen molar-refractivity contribution in [3.8, 4) is 0 Å². The normalized spacial score (nSPS) is 24.3. The largest absolute Gasteiger partial charge is 0.418 e. The summed E-state index contributed by atoms with van der Waals surface area (Å²) in [7, 11) is 2.17. The number of piperidine rings is 2. The minimum atomic E-state index is -4.66. The molecule has 4 saturated heterocycles. The fraction of sp³-hybridized carbons (Fsp3) is 0.583. The highest BCUT2D eigenvalue weighted by molar-refractivity contribution is 14.1. The molecule has 5 aliphatic rings. The van der Waals surface area contributed by atoms with Crippen LogP contribution >= 0.6 is 22.6 Å². The van der Waals surface area contributed by atoms with Gasteiger partial charge in [0, 0.05) is 85.7 Å². The third kappa shape index (κ3) is 7.61. The highest BCUT2D eigenvalue weighted by Crippen LogP contribution is 2.37. The number of para-hydroxylation sites is 1. The van der Waals surface area contributed by atoms with E-state index in [1.54, 1.807) is 38.5 Å². The van der Waals surface area contributed by atoms with Crippen molar-refractivity contribution in [1.29, 1.82) is 0 Å². The number of rotatable bonds is 6. The molecule has 4 fully saturated rings. The molecular weight excluding hydrogens is 776 g/mol. The molecule has 0 radical (unpaired) electrons. The molecule has 0 aromatic heterocycles. The van der Waals surface area contributed by atoms with Crippen LogP contribution in [0.1, 0.15) is 48.8 Å². The lowest BCUT2D eigenvalue weighted by Crippen LogP contribution is -2.58. The predicted octanol–water partition coefficient (Wildman–Crippen LogP) is 4.45. The molecular formula is C36H46F3IN8O3. The number of hydrogen-bond donors (Lipinski definition) is 3. The van der Waals surface area contributed by atoms with Gasteiger partial charge in [-0.15, -0.1) is 0 Å². The first-order valence-corrected chi connectivity index (χ1v) is 19.0. The van der Waals surface area contributed by atoms with Crippen LogP contribution < -0.4 is 16.4 Å². The first-order valence-electron chi connectivity index (χ1n) is 18.0. The summed E-state index contributed by atoms with van der Waals surface area (Å²) in [6.07, 6.45) is -0.0674. The van der Waals surface area contributed by atoms with Crippen molar-refractivity contribution in [2.75, 3.05) is 63.9 Å². The smallest absolute Gasteiger partial charge is 0.397 e. The number of halogens is 4. The minimum Gasteiger partial charge on any atom is -0.397 e.